The van der Waals surface area contributed by atoms with Gasteiger partial charge in [0.1, 0.15) is 0 Å². The number of nitrogens with two attached hydrogens (primary N) is 1. The highest BCUT2D eigenvalue weighted by Crippen LogP contribution is 2.34. The summed E-state index contributed by atoms with van der Waals surface area (Å²) in [6.07, 6.45) is 3.93. The first-order chi connectivity index (χ1) is 7.77. The quantitative estimate of drug-likeness (QED) is 0.678. The van der Waals surface area contributed by atoms with Gasteiger partial charge >= 0.3 is 0 Å². The molecule has 1 saturated heterocycles. The van der Waals surface area contributed by atoms with E-state index in [1.54, 1.807) is 0 Å². The highest BCUT2D eigenvalue weighted by Gasteiger charge is 2.37. The van der Waals surface area contributed by atoms with Gasteiger partial charge in [-0.2, -0.15) is 0 Å². The molecule has 0 aromatic heterocycles. The Kier molecular flexibility index (Phi) is 2.37. The number of hydrogen-bond donors (Lipinski definition) is 1. The minimum atomic E-state index is -0.312. The summed E-state index contributed by atoms with van der Waals surface area (Å²) in [6, 6.07) is 6.20. The minimum absolute atomic E-state index is 0.312. The van der Waals surface area contributed by atoms with E-state index >= 15 is 0 Å². The average Bonchev–Trinajstić information content (AvgIpc) is 2.66. The maximum Gasteiger partial charge on any atom is 0.169 e. The highest BCUT2D eigenvalue weighted by atomic mass is 16.7. The first-order valence-corrected chi connectivity index (χ1v) is 5.93. The van der Waals surface area contributed by atoms with Crippen molar-refractivity contribution >= 4 is 5.69 Å². The number of anilines is 1. The number of aryl methyl sites for hydroxylation is 2. The summed E-state index contributed by atoms with van der Waals surface area (Å²) < 4.78 is 11.5. The topological polar surface area (TPSA) is 44.5 Å². The van der Waals surface area contributed by atoms with Gasteiger partial charge in [0, 0.05) is 18.5 Å². The van der Waals surface area contributed by atoms with Gasteiger partial charge in [0.25, 0.3) is 0 Å². The van der Waals surface area contributed by atoms with Crippen LogP contribution in [0.3, 0.4) is 0 Å². The van der Waals surface area contributed by atoms with E-state index in [1.807, 2.05) is 6.07 Å². The number of ether oxygens (including phenoxy) is 2. The average molecular weight is 219 g/mol. The molecule has 1 fully saturated rings. The molecule has 0 bridgehead atoms. The third-order valence-corrected chi connectivity index (χ3v) is 3.59. The lowest BCUT2D eigenvalue weighted by Crippen LogP contribution is -2.30. The molecule has 16 heavy (non-hydrogen) atoms. The zero-order chi connectivity index (χ0) is 11.0. The van der Waals surface area contributed by atoms with Crippen molar-refractivity contribution in [2.45, 2.75) is 31.5 Å². The second-order valence-electron chi connectivity index (χ2n) is 4.64. The Hall–Kier alpha value is -1.06. The molecule has 1 aromatic rings. The Balaban J connectivity index is 1.86. The molecule has 1 aliphatic heterocycles. The fourth-order valence-electron chi connectivity index (χ4n) is 2.68. The summed E-state index contributed by atoms with van der Waals surface area (Å²) in [5.41, 5.74) is 9.42. The molecule has 0 unspecified atom stereocenters. The van der Waals surface area contributed by atoms with Crippen LogP contribution in [0, 0.1) is 0 Å². The summed E-state index contributed by atoms with van der Waals surface area (Å²) >= 11 is 0. The van der Waals surface area contributed by atoms with Crippen LogP contribution in [0.4, 0.5) is 5.69 Å². The fraction of sp³-hybridized carbons (Fsp3) is 0.538. The third kappa shape index (κ3) is 1.70. The van der Waals surface area contributed by atoms with Crippen LogP contribution >= 0.6 is 0 Å². The highest BCUT2D eigenvalue weighted by molar-refractivity contribution is 5.45. The van der Waals surface area contributed by atoms with Gasteiger partial charge in [0.05, 0.1) is 13.2 Å². The van der Waals surface area contributed by atoms with Crippen LogP contribution in [0.5, 0.6) is 0 Å². The Labute approximate surface area is 95.5 Å². The summed E-state index contributed by atoms with van der Waals surface area (Å²) in [4.78, 5) is 0. The number of nitrogen functional groups attached to an aromatic ring is 1. The molecule has 0 radical (unpaired) electrons. The number of hydrogen-bond acceptors (Lipinski definition) is 3. The van der Waals surface area contributed by atoms with E-state index in [0.29, 0.717) is 0 Å². The monoisotopic (exact) mass is 219 g/mol. The molecular formula is C13H17NO2. The van der Waals surface area contributed by atoms with E-state index < -0.39 is 0 Å². The van der Waals surface area contributed by atoms with E-state index in [2.05, 4.69) is 12.1 Å². The van der Waals surface area contributed by atoms with Gasteiger partial charge in [-0.05, 0) is 36.1 Å². The van der Waals surface area contributed by atoms with Crippen LogP contribution in [-0.2, 0) is 22.3 Å². The van der Waals surface area contributed by atoms with Crippen molar-refractivity contribution in [3.63, 3.8) is 0 Å². The fourth-order valence-corrected chi connectivity index (χ4v) is 2.68. The molecule has 2 aliphatic rings. The van der Waals surface area contributed by atoms with E-state index in [4.69, 9.17) is 15.2 Å². The number of rotatable bonds is 0. The lowest BCUT2D eigenvalue weighted by atomic mass is 10.0. The molecule has 0 saturated carbocycles. The minimum Gasteiger partial charge on any atom is -0.399 e. The van der Waals surface area contributed by atoms with Gasteiger partial charge in [-0.25, -0.2) is 0 Å². The van der Waals surface area contributed by atoms with Crippen LogP contribution in [0.15, 0.2) is 18.2 Å². The number of fused-ring (bicyclic) bond motifs is 1. The molecule has 3 nitrogen and oxygen atoms in total. The maximum atomic E-state index is 5.82. The second kappa shape index (κ2) is 3.75. The molecule has 3 heteroatoms. The smallest absolute Gasteiger partial charge is 0.169 e. The molecule has 0 atom stereocenters. The Morgan fingerprint density at radius 3 is 2.44 bits per heavy atom. The maximum absolute atomic E-state index is 5.82. The van der Waals surface area contributed by atoms with Gasteiger partial charge in [0.15, 0.2) is 5.79 Å². The predicted molar refractivity (Wildman–Crippen MR) is 62.1 cm³/mol. The molecule has 3 rings (SSSR count). The third-order valence-electron chi connectivity index (χ3n) is 3.59. The van der Waals surface area contributed by atoms with Crippen LogP contribution in [0.2, 0.25) is 0 Å². The van der Waals surface area contributed by atoms with Gasteiger partial charge in [0.2, 0.25) is 0 Å². The van der Waals surface area contributed by atoms with E-state index in [1.165, 1.54) is 11.1 Å². The zero-order valence-electron chi connectivity index (χ0n) is 9.37. The van der Waals surface area contributed by atoms with Crippen molar-refractivity contribution in [3.05, 3.63) is 29.3 Å². The predicted octanol–water partition coefficient (Wildman–Crippen LogP) is 1.89. The molecule has 86 valence electrons. The molecule has 1 heterocycles. The first kappa shape index (κ1) is 10.1. The van der Waals surface area contributed by atoms with Crippen LogP contribution in [-0.4, -0.2) is 19.0 Å². The van der Waals surface area contributed by atoms with Gasteiger partial charge < -0.3 is 15.2 Å². The van der Waals surface area contributed by atoms with Crippen molar-refractivity contribution in [3.8, 4) is 0 Å². The Morgan fingerprint density at radius 1 is 1.00 bits per heavy atom. The summed E-state index contributed by atoms with van der Waals surface area (Å²) in [5.74, 6) is -0.312. The normalized spacial score (nSPS) is 23.0. The Morgan fingerprint density at radius 2 is 1.69 bits per heavy atom. The van der Waals surface area contributed by atoms with Crippen molar-refractivity contribution in [2.75, 3.05) is 18.9 Å². The van der Waals surface area contributed by atoms with Crippen molar-refractivity contribution < 1.29 is 9.47 Å². The number of benzene rings is 1. The Bertz CT molecular complexity index is 397. The lowest BCUT2D eigenvalue weighted by Gasteiger charge is -2.25. The van der Waals surface area contributed by atoms with Crippen molar-refractivity contribution in [2.24, 2.45) is 0 Å². The van der Waals surface area contributed by atoms with Crippen LogP contribution in [0.25, 0.3) is 0 Å². The molecule has 1 spiro atoms. The standard InChI is InChI=1S/C13H17NO2/c14-12-2-1-10-3-5-13(15-7-8-16-13)6-4-11(10)9-12/h1-2,9H,3-8,14H2. The van der Waals surface area contributed by atoms with E-state index in [-0.39, 0.29) is 5.79 Å². The first-order valence-electron chi connectivity index (χ1n) is 5.93. The van der Waals surface area contributed by atoms with Crippen LogP contribution < -0.4 is 5.73 Å². The lowest BCUT2D eigenvalue weighted by molar-refractivity contribution is -0.164. The summed E-state index contributed by atoms with van der Waals surface area (Å²) in [6.45, 7) is 1.47. The molecule has 2 N–H and O–H groups in total. The molecule has 1 aromatic carbocycles. The second-order valence-corrected chi connectivity index (χ2v) is 4.64. The van der Waals surface area contributed by atoms with E-state index in [0.717, 1.165) is 44.6 Å². The molecule has 0 amide bonds. The zero-order valence-corrected chi connectivity index (χ0v) is 9.37. The molecular weight excluding hydrogens is 202 g/mol. The summed E-state index contributed by atoms with van der Waals surface area (Å²) in [7, 11) is 0. The van der Waals surface area contributed by atoms with Crippen molar-refractivity contribution in [1.82, 2.24) is 0 Å². The largest absolute Gasteiger partial charge is 0.399 e. The molecule has 1 aliphatic carbocycles. The van der Waals surface area contributed by atoms with Crippen molar-refractivity contribution in [1.29, 1.82) is 0 Å². The SMILES string of the molecule is Nc1ccc2c(c1)CCC1(CC2)OCCO1. The van der Waals surface area contributed by atoms with E-state index in [9.17, 15) is 0 Å². The van der Waals surface area contributed by atoms with Crippen LogP contribution in [0.1, 0.15) is 24.0 Å². The van der Waals surface area contributed by atoms with Gasteiger partial charge in [-0.1, -0.05) is 6.07 Å². The van der Waals surface area contributed by atoms with Gasteiger partial charge in [-0.3, -0.25) is 0 Å². The van der Waals surface area contributed by atoms with Gasteiger partial charge in [-0.15, -0.1) is 0 Å². The summed E-state index contributed by atoms with van der Waals surface area (Å²) in [5, 5.41) is 0.